The number of halogens is 5. The number of nitrogens with zero attached hydrogens (tertiary/aromatic N) is 3. The second-order valence-electron chi connectivity index (χ2n) is 3.47. The smallest absolute Gasteiger partial charge is 0.475 e. The van der Waals surface area contributed by atoms with Gasteiger partial charge in [-0.25, -0.2) is 4.57 Å². The van der Waals surface area contributed by atoms with Crippen molar-refractivity contribution in [3.63, 3.8) is 0 Å². The Morgan fingerprint density at radius 3 is 2.53 bits per heavy atom. The van der Waals surface area contributed by atoms with Crippen LogP contribution >= 0.6 is 15.9 Å². The second-order valence-corrected chi connectivity index (χ2v) is 4.39. The summed E-state index contributed by atoms with van der Waals surface area (Å²) in [6.07, 6.45) is -2.78. The largest absolute Gasteiger partial charge is 1.00 e. The van der Waals surface area contributed by atoms with Gasteiger partial charge in [-0.3, -0.25) is 4.57 Å². The van der Waals surface area contributed by atoms with Crippen LogP contribution in [0.1, 0.15) is 5.82 Å². The molecule has 8 heteroatoms. The van der Waals surface area contributed by atoms with E-state index < -0.39 is 12.0 Å². The van der Waals surface area contributed by atoms with E-state index in [1.165, 1.54) is 7.05 Å². The third-order valence-electron chi connectivity index (χ3n) is 2.30. The van der Waals surface area contributed by atoms with Gasteiger partial charge in [0.15, 0.2) is 0 Å². The third-order valence-corrected chi connectivity index (χ3v) is 2.73. The van der Waals surface area contributed by atoms with Gasteiger partial charge in [-0.15, -0.1) is 0 Å². The van der Waals surface area contributed by atoms with Gasteiger partial charge in [-0.2, -0.15) is 13.2 Å². The summed E-state index contributed by atoms with van der Waals surface area (Å²) in [5, 5.41) is 0. The number of hydrogen-bond donors (Lipinski definition) is 0. The highest BCUT2D eigenvalue weighted by Gasteiger charge is 2.42. The average molecular weight is 422 g/mol. The first kappa shape index (κ1) is 14.7. The predicted molar refractivity (Wildman–Crippen MR) is 54.6 cm³/mol. The van der Waals surface area contributed by atoms with E-state index in [-0.39, 0.29) is 24.0 Å². The van der Waals surface area contributed by atoms with Crippen LogP contribution in [0.15, 0.2) is 16.7 Å². The summed E-state index contributed by atoms with van der Waals surface area (Å²) in [4.78, 5) is 3.60. The van der Waals surface area contributed by atoms with Crippen LogP contribution in [0.3, 0.4) is 0 Å². The number of aryl methyl sites for hydroxylation is 2. The van der Waals surface area contributed by atoms with Crippen molar-refractivity contribution in [3.8, 4) is 0 Å². The summed E-state index contributed by atoms with van der Waals surface area (Å²) in [5.41, 5.74) is 0.738. The normalized spacial score (nSPS) is 11.6. The zero-order chi connectivity index (χ0) is 12.1. The van der Waals surface area contributed by atoms with E-state index in [1.807, 2.05) is 0 Å². The number of pyridine rings is 1. The predicted octanol–water partition coefficient (Wildman–Crippen LogP) is -0.817. The van der Waals surface area contributed by atoms with E-state index in [0.717, 1.165) is 4.57 Å². The van der Waals surface area contributed by atoms with Crippen molar-refractivity contribution in [2.75, 3.05) is 0 Å². The highest BCUT2D eigenvalue weighted by molar-refractivity contribution is 9.10. The van der Waals surface area contributed by atoms with Crippen molar-refractivity contribution in [2.24, 2.45) is 14.1 Å². The Bertz CT molecular complexity index is 565. The molecule has 2 aromatic rings. The van der Waals surface area contributed by atoms with Crippen LogP contribution in [0.2, 0.25) is 0 Å². The Balaban J connectivity index is 0.00000144. The standard InChI is InChI=1S/C9H8BrF3N3.HI/c1-15-4-5(10)3-6-7(15)14-8(16(6)2)9(11,12)13;/h3-4H,1-2H3;1H/q+1;/p-1. The second kappa shape index (κ2) is 4.71. The number of rotatable bonds is 0. The molecular formula is C9H8BrF3IN3. The molecule has 0 amide bonds. The maximum Gasteiger partial charge on any atom is 0.475 e. The summed E-state index contributed by atoms with van der Waals surface area (Å²) < 4.78 is 41.1. The lowest BCUT2D eigenvalue weighted by Gasteiger charge is -2.01. The lowest BCUT2D eigenvalue weighted by Crippen LogP contribution is -3.00. The first-order valence-electron chi connectivity index (χ1n) is 4.39. The van der Waals surface area contributed by atoms with Crippen molar-refractivity contribution < 1.29 is 41.7 Å². The molecule has 0 spiro atoms. The number of imidazole rings is 1. The maximum atomic E-state index is 12.6. The Morgan fingerprint density at radius 1 is 1.41 bits per heavy atom. The fourth-order valence-corrected chi connectivity index (χ4v) is 2.11. The van der Waals surface area contributed by atoms with Crippen LogP contribution in [0, 0.1) is 0 Å². The van der Waals surface area contributed by atoms with Crippen LogP contribution in [0.5, 0.6) is 0 Å². The number of fused-ring (bicyclic) bond motifs is 1. The molecule has 2 aromatic heterocycles. The minimum Gasteiger partial charge on any atom is -1.00 e. The molecule has 0 aliphatic heterocycles. The summed E-state index contributed by atoms with van der Waals surface area (Å²) in [7, 11) is 3.00. The van der Waals surface area contributed by atoms with Crippen LogP contribution in [0.25, 0.3) is 11.2 Å². The first-order chi connectivity index (χ1) is 7.30. The zero-order valence-corrected chi connectivity index (χ0v) is 12.6. The molecule has 0 N–H and O–H groups in total. The molecule has 3 nitrogen and oxygen atoms in total. The van der Waals surface area contributed by atoms with E-state index in [1.54, 1.807) is 23.9 Å². The van der Waals surface area contributed by atoms with E-state index >= 15 is 0 Å². The Hall–Kier alpha value is -0.380. The van der Waals surface area contributed by atoms with Crippen LogP contribution in [-0.4, -0.2) is 9.55 Å². The van der Waals surface area contributed by atoms with Gasteiger partial charge in [0.05, 0.1) is 11.5 Å². The van der Waals surface area contributed by atoms with Gasteiger partial charge in [0, 0.05) is 7.05 Å². The van der Waals surface area contributed by atoms with E-state index in [0.29, 0.717) is 15.6 Å². The van der Waals surface area contributed by atoms with Gasteiger partial charge in [-0.05, 0) is 27.0 Å². The SMILES string of the molecule is Cn1c(C(F)(F)F)nc2c1cc(Br)c[n+]2C.[I-]. The fourth-order valence-electron chi connectivity index (χ4n) is 1.59. The van der Waals surface area contributed by atoms with Crippen molar-refractivity contribution in [3.05, 3.63) is 22.6 Å². The molecule has 0 unspecified atom stereocenters. The maximum absolute atomic E-state index is 12.6. The summed E-state index contributed by atoms with van der Waals surface area (Å²) in [5.74, 6) is -0.892. The van der Waals surface area contributed by atoms with E-state index in [4.69, 9.17) is 0 Å². The summed E-state index contributed by atoms with van der Waals surface area (Å²) >= 11 is 3.23. The van der Waals surface area contributed by atoms with Gasteiger partial charge < -0.3 is 24.0 Å². The minimum absolute atomic E-state index is 0. The Labute approximate surface area is 121 Å². The highest BCUT2D eigenvalue weighted by atomic mass is 127. The fraction of sp³-hybridized carbons (Fsp3) is 0.333. The van der Waals surface area contributed by atoms with Gasteiger partial charge in [0.25, 0.3) is 0 Å². The minimum atomic E-state index is -4.44. The molecular weight excluding hydrogens is 414 g/mol. The van der Waals surface area contributed by atoms with E-state index in [2.05, 4.69) is 20.9 Å². The topological polar surface area (TPSA) is 21.7 Å². The molecule has 0 atom stereocenters. The average Bonchev–Trinajstić information content (AvgIpc) is 2.43. The summed E-state index contributed by atoms with van der Waals surface area (Å²) in [6, 6.07) is 1.61. The molecule has 0 radical (unpaired) electrons. The molecule has 0 aromatic carbocycles. The number of alkyl halides is 3. The van der Waals surface area contributed by atoms with Crippen LogP contribution in [-0.2, 0) is 20.3 Å². The lowest BCUT2D eigenvalue weighted by atomic mass is 10.4. The van der Waals surface area contributed by atoms with Gasteiger partial charge in [-0.1, -0.05) is 0 Å². The molecule has 2 heterocycles. The molecule has 0 saturated carbocycles. The monoisotopic (exact) mass is 421 g/mol. The molecule has 2 rings (SSSR count). The molecule has 0 aliphatic rings. The molecule has 0 aliphatic carbocycles. The van der Waals surface area contributed by atoms with Gasteiger partial charge >= 0.3 is 17.6 Å². The van der Waals surface area contributed by atoms with E-state index in [9.17, 15) is 13.2 Å². The number of aromatic nitrogens is 3. The quantitative estimate of drug-likeness (QED) is 0.402. The van der Waals surface area contributed by atoms with Crippen molar-refractivity contribution in [1.82, 2.24) is 9.55 Å². The van der Waals surface area contributed by atoms with Crippen molar-refractivity contribution >= 4 is 27.1 Å². The summed E-state index contributed by atoms with van der Waals surface area (Å²) in [6.45, 7) is 0. The van der Waals surface area contributed by atoms with Crippen molar-refractivity contribution in [2.45, 2.75) is 6.18 Å². The third kappa shape index (κ3) is 2.56. The molecule has 0 bridgehead atoms. The molecule has 0 saturated heterocycles. The molecule has 94 valence electrons. The zero-order valence-electron chi connectivity index (χ0n) is 8.89. The molecule has 17 heavy (non-hydrogen) atoms. The van der Waals surface area contributed by atoms with Crippen molar-refractivity contribution in [1.29, 1.82) is 0 Å². The lowest BCUT2D eigenvalue weighted by molar-refractivity contribution is -0.647. The Morgan fingerprint density at radius 2 is 2.00 bits per heavy atom. The van der Waals surface area contributed by atoms with Crippen LogP contribution < -0.4 is 28.5 Å². The van der Waals surface area contributed by atoms with Crippen LogP contribution in [0.4, 0.5) is 13.2 Å². The highest BCUT2D eigenvalue weighted by Crippen LogP contribution is 2.30. The van der Waals surface area contributed by atoms with Gasteiger partial charge in [0.2, 0.25) is 0 Å². The Kier molecular flexibility index (Phi) is 4.07. The van der Waals surface area contributed by atoms with Gasteiger partial charge in [0.1, 0.15) is 11.7 Å². The number of hydrogen-bond acceptors (Lipinski definition) is 1. The first-order valence-corrected chi connectivity index (χ1v) is 5.19. The molecule has 0 fully saturated rings.